The summed E-state index contributed by atoms with van der Waals surface area (Å²) in [7, 11) is 0. The molecular formula is C22H19NO3. The molecule has 130 valence electrons. The van der Waals surface area contributed by atoms with E-state index >= 15 is 0 Å². The lowest BCUT2D eigenvalue weighted by Crippen LogP contribution is -2.23. The van der Waals surface area contributed by atoms with Gasteiger partial charge in [0.1, 0.15) is 5.75 Å². The van der Waals surface area contributed by atoms with Crippen LogP contribution in [0.5, 0.6) is 5.75 Å². The van der Waals surface area contributed by atoms with Gasteiger partial charge in [-0.3, -0.25) is 9.59 Å². The average molecular weight is 345 g/mol. The SMILES string of the molecule is O=C(Cc1ccc2ccccc2c1)Oc1ccc(N2CCCC2=O)cc1. The quantitative estimate of drug-likeness (QED) is 0.528. The highest BCUT2D eigenvalue weighted by Gasteiger charge is 2.21. The Morgan fingerprint density at radius 2 is 1.73 bits per heavy atom. The van der Waals surface area contributed by atoms with E-state index in [1.165, 1.54) is 0 Å². The zero-order valence-corrected chi connectivity index (χ0v) is 14.4. The Kier molecular flexibility index (Phi) is 4.40. The Bertz CT molecular complexity index is 963. The number of benzene rings is 3. The van der Waals surface area contributed by atoms with Gasteiger partial charge in [-0.1, -0.05) is 42.5 Å². The van der Waals surface area contributed by atoms with E-state index in [0.29, 0.717) is 12.2 Å². The highest BCUT2D eigenvalue weighted by atomic mass is 16.5. The first-order valence-corrected chi connectivity index (χ1v) is 8.78. The predicted octanol–water partition coefficient (Wildman–Crippen LogP) is 4.11. The van der Waals surface area contributed by atoms with Crippen LogP contribution in [-0.4, -0.2) is 18.4 Å². The van der Waals surface area contributed by atoms with Crippen molar-refractivity contribution in [3.63, 3.8) is 0 Å². The normalized spacial score (nSPS) is 14.0. The molecule has 1 heterocycles. The highest BCUT2D eigenvalue weighted by Crippen LogP contribution is 2.24. The lowest BCUT2D eigenvalue weighted by molar-refractivity contribution is -0.133. The third kappa shape index (κ3) is 3.45. The topological polar surface area (TPSA) is 46.6 Å². The first-order valence-electron chi connectivity index (χ1n) is 8.78. The Labute approximate surface area is 152 Å². The van der Waals surface area contributed by atoms with Crippen LogP contribution in [0.15, 0.2) is 66.7 Å². The van der Waals surface area contributed by atoms with Crippen molar-refractivity contribution in [1.82, 2.24) is 0 Å². The number of rotatable bonds is 4. The maximum absolute atomic E-state index is 12.2. The number of ether oxygens (including phenoxy) is 1. The van der Waals surface area contributed by atoms with E-state index in [0.717, 1.165) is 35.0 Å². The van der Waals surface area contributed by atoms with Crippen LogP contribution in [0.4, 0.5) is 5.69 Å². The third-order valence-electron chi connectivity index (χ3n) is 4.62. The van der Waals surface area contributed by atoms with Gasteiger partial charge in [0.2, 0.25) is 5.91 Å². The van der Waals surface area contributed by atoms with Crippen molar-refractivity contribution < 1.29 is 14.3 Å². The fraction of sp³-hybridized carbons (Fsp3) is 0.182. The fourth-order valence-electron chi connectivity index (χ4n) is 3.30. The van der Waals surface area contributed by atoms with E-state index in [9.17, 15) is 9.59 Å². The van der Waals surface area contributed by atoms with Gasteiger partial charge in [0.15, 0.2) is 0 Å². The molecule has 3 aromatic carbocycles. The van der Waals surface area contributed by atoms with Crippen LogP contribution in [-0.2, 0) is 16.0 Å². The van der Waals surface area contributed by atoms with E-state index < -0.39 is 0 Å². The third-order valence-corrected chi connectivity index (χ3v) is 4.62. The van der Waals surface area contributed by atoms with Gasteiger partial charge in [-0.15, -0.1) is 0 Å². The van der Waals surface area contributed by atoms with Crippen molar-refractivity contribution >= 4 is 28.3 Å². The summed E-state index contributed by atoms with van der Waals surface area (Å²) in [5.74, 6) is 0.336. The minimum atomic E-state index is -0.301. The summed E-state index contributed by atoms with van der Waals surface area (Å²) < 4.78 is 5.43. The number of esters is 1. The van der Waals surface area contributed by atoms with Crippen LogP contribution in [0.3, 0.4) is 0 Å². The van der Waals surface area contributed by atoms with Gasteiger partial charge in [-0.2, -0.15) is 0 Å². The number of nitrogens with zero attached hydrogens (tertiary/aromatic N) is 1. The van der Waals surface area contributed by atoms with Crippen molar-refractivity contribution in [3.05, 3.63) is 72.3 Å². The smallest absolute Gasteiger partial charge is 0.315 e. The zero-order chi connectivity index (χ0) is 17.9. The van der Waals surface area contributed by atoms with Gasteiger partial charge in [0.25, 0.3) is 0 Å². The van der Waals surface area contributed by atoms with Gasteiger partial charge >= 0.3 is 5.97 Å². The number of amides is 1. The Morgan fingerprint density at radius 3 is 2.46 bits per heavy atom. The molecule has 3 aromatic rings. The minimum absolute atomic E-state index is 0.144. The summed E-state index contributed by atoms with van der Waals surface area (Å²) >= 11 is 0. The monoisotopic (exact) mass is 345 g/mol. The maximum Gasteiger partial charge on any atom is 0.315 e. The van der Waals surface area contributed by atoms with Crippen molar-refractivity contribution in [1.29, 1.82) is 0 Å². The van der Waals surface area contributed by atoms with Crippen LogP contribution >= 0.6 is 0 Å². The molecule has 0 aliphatic carbocycles. The van der Waals surface area contributed by atoms with Gasteiger partial charge in [-0.05, 0) is 47.0 Å². The highest BCUT2D eigenvalue weighted by molar-refractivity contribution is 5.95. The van der Waals surface area contributed by atoms with Crippen LogP contribution < -0.4 is 9.64 Å². The van der Waals surface area contributed by atoms with E-state index in [1.54, 1.807) is 17.0 Å². The second-order valence-corrected chi connectivity index (χ2v) is 6.48. The molecule has 26 heavy (non-hydrogen) atoms. The van der Waals surface area contributed by atoms with Gasteiger partial charge < -0.3 is 9.64 Å². The molecule has 0 spiro atoms. The van der Waals surface area contributed by atoms with Crippen LogP contribution in [0, 0.1) is 0 Å². The Hall–Kier alpha value is -3.14. The van der Waals surface area contributed by atoms with Crippen LogP contribution in [0.2, 0.25) is 0 Å². The van der Waals surface area contributed by atoms with Gasteiger partial charge in [0, 0.05) is 18.7 Å². The molecule has 4 nitrogen and oxygen atoms in total. The lowest BCUT2D eigenvalue weighted by atomic mass is 10.1. The number of carbonyl (C=O) groups is 2. The zero-order valence-electron chi connectivity index (χ0n) is 14.4. The molecule has 0 radical (unpaired) electrons. The molecule has 1 saturated heterocycles. The van der Waals surface area contributed by atoms with Crippen molar-refractivity contribution in [2.45, 2.75) is 19.3 Å². The molecule has 0 N–H and O–H groups in total. The van der Waals surface area contributed by atoms with Crippen molar-refractivity contribution in [2.75, 3.05) is 11.4 Å². The van der Waals surface area contributed by atoms with Crippen molar-refractivity contribution in [2.24, 2.45) is 0 Å². The second kappa shape index (κ2) is 7.00. The summed E-state index contributed by atoms with van der Waals surface area (Å²) in [6, 6.07) is 21.1. The first kappa shape index (κ1) is 16.3. The molecule has 0 unspecified atom stereocenters. The molecule has 0 saturated carbocycles. The lowest BCUT2D eigenvalue weighted by Gasteiger charge is -2.15. The number of anilines is 1. The first-order chi connectivity index (χ1) is 12.7. The molecule has 1 aliphatic rings. The molecule has 4 rings (SSSR count). The van der Waals surface area contributed by atoms with E-state index in [4.69, 9.17) is 4.74 Å². The van der Waals surface area contributed by atoms with Gasteiger partial charge in [-0.25, -0.2) is 0 Å². The minimum Gasteiger partial charge on any atom is -0.426 e. The standard InChI is InChI=1S/C22H19NO3/c24-21-6-3-13-23(21)19-9-11-20(12-10-19)26-22(25)15-16-7-8-17-4-1-2-5-18(17)14-16/h1-2,4-5,7-12,14H,3,6,13,15H2. The molecule has 4 heteroatoms. The number of fused-ring (bicyclic) bond motifs is 1. The molecular weight excluding hydrogens is 326 g/mol. The van der Waals surface area contributed by atoms with Gasteiger partial charge in [0.05, 0.1) is 6.42 Å². The van der Waals surface area contributed by atoms with E-state index in [2.05, 4.69) is 0 Å². The maximum atomic E-state index is 12.2. The summed E-state index contributed by atoms with van der Waals surface area (Å²) in [4.78, 5) is 25.8. The molecule has 1 fully saturated rings. The van der Waals surface area contributed by atoms with Crippen LogP contribution in [0.1, 0.15) is 18.4 Å². The van der Waals surface area contributed by atoms with Crippen LogP contribution in [0.25, 0.3) is 10.8 Å². The number of hydrogen-bond donors (Lipinski definition) is 0. The molecule has 1 amide bonds. The summed E-state index contributed by atoms with van der Waals surface area (Å²) in [6.45, 7) is 0.750. The Balaban J connectivity index is 1.41. The molecule has 0 bridgehead atoms. The summed E-state index contributed by atoms with van der Waals surface area (Å²) in [6.07, 6.45) is 1.71. The number of hydrogen-bond acceptors (Lipinski definition) is 3. The average Bonchev–Trinajstić information content (AvgIpc) is 3.08. The van der Waals surface area contributed by atoms with E-state index in [-0.39, 0.29) is 18.3 Å². The summed E-state index contributed by atoms with van der Waals surface area (Å²) in [5.41, 5.74) is 1.77. The number of carbonyl (C=O) groups excluding carboxylic acids is 2. The fourth-order valence-corrected chi connectivity index (χ4v) is 3.30. The molecule has 0 atom stereocenters. The molecule has 1 aliphatic heterocycles. The largest absolute Gasteiger partial charge is 0.426 e. The second-order valence-electron chi connectivity index (χ2n) is 6.48. The Morgan fingerprint density at radius 1 is 0.962 bits per heavy atom. The van der Waals surface area contributed by atoms with E-state index in [1.807, 2.05) is 54.6 Å². The van der Waals surface area contributed by atoms with Crippen molar-refractivity contribution in [3.8, 4) is 5.75 Å². The predicted molar refractivity (Wildman–Crippen MR) is 101 cm³/mol. The summed E-state index contributed by atoms with van der Waals surface area (Å²) in [5, 5.41) is 2.26. The molecule has 0 aromatic heterocycles.